The Morgan fingerprint density at radius 3 is 2.65 bits per heavy atom. The Morgan fingerprint density at radius 1 is 1.12 bits per heavy atom. The maximum atomic E-state index is 13.2. The number of carbonyl (C=O) groups is 1. The molecule has 1 aliphatic heterocycles. The highest BCUT2D eigenvalue weighted by atomic mass is 16.5. The van der Waals surface area contributed by atoms with Crippen molar-refractivity contribution in [2.75, 3.05) is 19.7 Å². The first-order valence-corrected chi connectivity index (χ1v) is 8.54. The number of ether oxygens (including phenoxy) is 1. The summed E-state index contributed by atoms with van der Waals surface area (Å²) in [7, 11) is 0. The van der Waals surface area contributed by atoms with Crippen molar-refractivity contribution in [1.82, 2.24) is 25.1 Å². The van der Waals surface area contributed by atoms with Crippen molar-refractivity contribution in [3.63, 3.8) is 0 Å². The molecule has 1 aromatic heterocycles. The van der Waals surface area contributed by atoms with Crippen molar-refractivity contribution >= 4 is 5.91 Å². The second-order valence-corrected chi connectivity index (χ2v) is 6.18. The maximum absolute atomic E-state index is 13.2. The molecule has 1 atom stereocenters. The molecule has 1 fully saturated rings. The summed E-state index contributed by atoms with van der Waals surface area (Å²) in [6.07, 6.45) is -0.115. The summed E-state index contributed by atoms with van der Waals surface area (Å²) in [4.78, 5) is 15.0. The highest BCUT2D eigenvalue weighted by molar-refractivity contribution is 5.97. The van der Waals surface area contributed by atoms with E-state index in [9.17, 15) is 4.79 Å². The SMILES string of the molecule is Cc1nnnn1-c1ccccc1C(=O)N1CCO[C@H](c2ccccc2)C1. The van der Waals surface area contributed by atoms with Crippen LogP contribution in [-0.4, -0.2) is 50.7 Å². The van der Waals surface area contributed by atoms with E-state index >= 15 is 0 Å². The summed E-state index contributed by atoms with van der Waals surface area (Å²) in [6.45, 7) is 3.40. The fourth-order valence-corrected chi connectivity index (χ4v) is 3.17. The predicted octanol–water partition coefficient (Wildman–Crippen LogP) is 2.18. The van der Waals surface area contributed by atoms with Crippen LogP contribution < -0.4 is 0 Å². The third-order valence-corrected chi connectivity index (χ3v) is 4.51. The zero-order chi connectivity index (χ0) is 17.9. The van der Waals surface area contributed by atoms with Gasteiger partial charge < -0.3 is 9.64 Å². The minimum Gasteiger partial charge on any atom is -0.370 e. The lowest BCUT2D eigenvalue weighted by atomic mass is 10.1. The molecule has 0 saturated carbocycles. The Balaban J connectivity index is 1.61. The van der Waals surface area contributed by atoms with Gasteiger partial charge in [0.25, 0.3) is 5.91 Å². The number of para-hydroxylation sites is 1. The van der Waals surface area contributed by atoms with Crippen LogP contribution in [0.2, 0.25) is 0 Å². The topological polar surface area (TPSA) is 73.1 Å². The van der Waals surface area contributed by atoms with Crippen molar-refractivity contribution in [3.05, 3.63) is 71.5 Å². The molecule has 7 nitrogen and oxygen atoms in total. The van der Waals surface area contributed by atoms with Gasteiger partial charge >= 0.3 is 0 Å². The summed E-state index contributed by atoms with van der Waals surface area (Å²) >= 11 is 0. The number of nitrogens with zero attached hydrogens (tertiary/aromatic N) is 5. The average molecular weight is 349 g/mol. The van der Waals surface area contributed by atoms with E-state index in [1.54, 1.807) is 11.6 Å². The van der Waals surface area contributed by atoms with E-state index in [1.165, 1.54) is 0 Å². The molecule has 0 aliphatic carbocycles. The zero-order valence-electron chi connectivity index (χ0n) is 14.4. The van der Waals surface area contributed by atoms with E-state index in [0.29, 0.717) is 36.8 Å². The molecule has 2 aromatic carbocycles. The van der Waals surface area contributed by atoms with E-state index in [0.717, 1.165) is 5.56 Å². The molecule has 0 spiro atoms. The zero-order valence-corrected chi connectivity index (χ0v) is 14.4. The molecule has 7 heteroatoms. The van der Waals surface area contributed by atoms with E-state index < -0.39 is 0 Å². The number of tetrazole rings is 1. The van der Waals surface area contributed by atoms with Crippen LogP contribution in [0.4, 0.5) is 0 Å². The first-order valence-electron chi connectivity index (χ1n) is 8.54. The second-order valence-electron chi connectivity index (χ2n) is 6.18. The van der Waals surface area contributed by atoms with Crippen LogP contribution in [0.15, 0.2) is 54.6 Å². The van der Waals surface area contributed by atoms with Crippen LogP contribution in [0.1, 0.15) is 27.8 Å². The van der Waals surface area contributed by atoms with Crippen molar-refractivity contribution in [2.24, 2.45) is 0 Å². The molecule has 3 aromatic rings. The van der Waals surface area contributed by atoms with E-state index in [2.05, 4.69) is 15.5 Å². The van der Waals surface area contributed by atoms with Crippen LogP contribution >= 0.6 is 0 Å². The number of aromatic nitrogens is 4. The van der Waals surface area contributed by atoms with Gasteiger partial charge in [-0.1, -0.05) is 42.5 Å². The number of aryl methyl sites for hydroxylation is 1. The number of benzene rings is 2. The molecule has 0 bridgehead atoms. The molecule has 0 N–H and O–H groups in total. The lowest BCUT2D eigenvalue weighted by Crippen LogP contribution is -2.42. The summed E-state index contributed by atoms with van der Waals surface area (Å²) in [5.74, 6) is 0.592. The fourth-order valence-electron chi connectivity index (χ4n) is 3.17. The van der Waals surface area contributed by atoms with Crippen molar-refractivity contribution in [2.45, 2.75) is 13.0 Å². The van der Waals surface area contributed by atoms with Crippen molar-refractivity contribution < 1.29 is 9.53 Å². The monoisotopic (exact) mass is 349 g/mol. The van der Waals surface area contributed by atoms with Gasteiger partial charge in [-0.25, -0.2) is 0 Å². The number of amides is 1. The smallest absolute Gasteiger partial charge is 0.256 e. The summed E-state index contributed by atoms with van der Waals surface area (Å²) in [5.41, 5.74) is 2.34. The predicted molar refractivity (Wildman–Crippen MR) is 94.9 cm³/mol. The van der Waals surface area contributed by atoms with Gasteiger partial charge in [0.05, 0.1) is 24.4 Å². The van der Waals surface area contributed by atoms with Crippen molar-refractivity contribution in [1.29, 1.82) is 0 Å². The van der Waals surface area contributed by atoms with Gasteiger partial charge in [-0.3, -0.25) is 4.79 Å². The molecule has 2 heterocycles. The Labute approximate surface area is 151 Å². The first kappa shape index (κ1) is 16.4. The van der Waals surface area contributed by atoms with Gasteiger partial charge in [0.2, 0.25) is 0 Å². The lowest BCUT2D eigenvalue weighted by Gasteiger charge is -2.33. The minimum atomic E-state index is -0.115. The first-order chi connectivity index (χ1) is 12.7. The van der Waals surface area contributed by atoms with Gasteiger partial charge in [-0.2, -0.15) is 4.68 Å². The molecule has 1 amide bonds. The molecular weight excluding hydrogens is 330 g/mol. The quantitative estimate of drug-likeness (QED) is 0.725. The Bertz CT molecular complexity index is 909. The van der Waals surface area contributed by atoms with Crippen LogP contribution in [-0.2, 0) is 4.74 Å². The summed E-state index contributed by atoms with van der Waals surface area (Å²) in [6, 6.07) is 17.4. The van der Waals surface area contributed by atoms with E-state index in [-0.39, 0.29) is 12.0 Å². The molecule has 132 valence electrons. The minimum absolute atomic E-state index is 0.0419. The van der Waals surface area contributed by atoms with Crippen LogP contribution in [0.5, 0.6) is 0 Å². The Kier molecular flexibility index (Phi) is 4.45. The molecule has 0 unspecified atom stereocenters. The largest absolute Gasteiger partial charge is 0.370 e. The van der Waals surface area contributed by atoms with Gasteiger partial charge in [0, 0.05) is 6.54 Å². The molecule has 1 aliphatic rings. The van der Waals surface area contributed by atoms with E-state index in [1.807, 2.05) is 59.5 Å². The lowest BCUT2D eigenvalue weighted by molar-refractivity contribution is -0.0228. The Morgan fingerprint density at radius 2 is 1.88 bits per heavy atom. The summed E-state index contributed by atoms with van der Waals surface area (Å²) in [5, 5.41) is 11.6. The van der Waals surface area contributed by atoms with Crippen molar-refractivity contribution in [3.8, 4) is 5.69 Å². The highest BCUT2D eigenvalue weighted by Gasteiger charge is 2.27. The number of hydrogen-bond acceptors (Lipinski definition) is 5. The van der Waals surface area contributed by atoms with Gasteiger partial charge in [0.15, 0.2) is 5.82 Å². The maximum Gasteiger partial charge on any atom is 0.256 e. The standard InChI is InChI=1S/C19H19N5O2/c1-14-20-21-22-24(14)17-10-6-5-9-16(17)19(25)23-11-12-26-18(13-23)15-7-3-2-4-8-15/h2-10,18H,11-13H2,1H3/t18-/m0/s1. The van der Waals surface area contributed by atoms with Gasteiger partial charge in [0.1, 0.15) is 6.10 Å². The highest BCUT2D eigenvalue weighted by Crippen LogP contribution is 2.24. The van der Waals surface area contributed by atoms with Crippen LogP contribution in [0.25, 0.3) is 5.69 Å². The Hall–Kier alpha value is -3.06. The van der Waals surface area contributed by atoms with E-state index in [4.69, 9.17) is 4.74 Å². The number of carbonyl (C=O) groups excluding carboxylic acids is 1. The number of rotatable bonds is 3. The average Bonchev–Trinajstić information content (AvgIpc) is 3.14. The molecular formula is C19H19N5O2. The second kappa shape index (κ2) is 7.05. The van der Waals surface area contributed by atoms with Crippen LogP contribution in [0.3, 0.4) is 0 Å². The third kappa shape index (κ3) is 3.09. The fraction of sp³-hybridized carbons (Fsp3) is 0.263. The summed E-state index contributed by atoms with van der Waals surface area (Å²) < 4.78 is 7.46. The van der Waals surface area contributed by atoms with Gasteiger partial charge in [-0.15, -0.1) is 5.10 Å². The normalized spacial score (nSPS) is 17.3. The third-order valence-electron chi connectivity index (χ3n) is 4.51. The molecule has 4 rings (SSSR count). The van der Waals surface area contributed by atoms with Crippen LogP contribution in [0, 0.1) is 6.92 Å². The molecule has 1 saturated heterocycles. The molecule has 0 radical (unpaired) electrons. The molecule has 26 heavy (non-hydrogen) atoms. The number of hydrogen-bond donors (Lipinski definition) is 0. The number of morpholine rings is 1. The van der Waals surface area contributed by atoms with Gasteiger partial charge in [-0.05, 0) is 35.0 Å².